The van der Waals surface area contributed by atoms with Crippen LogP contribution in [0.2, 0.25) is 0 Å². The van der Waals surface area contributed by atoms with E-state index in [1.165, 1.54) is 0 Å². The van der Waals surface area contributed by atoms with Gasteiger partial charge in [0, 0.05) is 28.5 Å². The summed E-state index contributed by atoms with van der Waals surface area (Å²) in [6, 6.07) is 6.43. The Kier molecular flexibility index (Phi) is 34.4. The molecule has 0 N–H and O–H groups in total. The standard InChI is InChI=1S/C8H6O2.3CO.Cr/c9-5-7-1-2-8(6-10)4-3-7;3*1-2;/h1-6H;;;;. The number of hydrogen-bond acceptors (Lipinski definition) is 2. The largest absolute Gasteiger partial charge is 0 e. The predicted octanol–water partition coefficient (Wildman–Crippen LogP) is 1.20. The van der Waals surface area contributed by atoms with Crippen molar-refractivity contribution in [2.24, 2.45) is 0 Å². The zero-order valence-corrected chi connectivity index (χ0v) is 9.69. The van der Waals surface area contributed by atoms with Crippen LogP contribution in [-0.2, 0) is 31.3 Å². The molecule has 0 aliphatic carbocycles. The molecule has 1 aromatic carbocycles. The Labute approximate surface area is 109 Å². The molecule has 0 heterocycles. The summed E-state index contributed by atoms with van der Waals surface area (Å²) >= 11 is 0. The Morgan fingerprint density at radius 2 is 0.882 bits per heavy atom. The van der Waals surface area contributed by atoms with Gasteiger partial charge in [-0.3, -0.25) is 9.59 Å². The van der Waals surface area contributed by atoms with E-state index in [4.69, 9.17) is 14.0 Å². The average Bonchev–Trinajstić information content (AvgIpc) is 2.45. The zero-order chi connectivity index (χ0) is 13.4. The fourth-order valence-corrected chi connectivity index (χ4v) is 0.653. The minimum atomic E-state index is 0. The number of hydrogen-bond donors (Lipinski definition) is 0. The average molecular weight is 270 g/mol. The van der Waals surface area contributed by atoms with Crippen molar-refractivity contribution in [3.8, 4) is 0 Å². The SMILES string of the molecule is O=Cc1ccc(C=O)cc1.[C-]#[O+].[C-]#[O+].[C-]#[O+].[Cr]. The van der Waals surface area contributed by atoms with Crippen LogP contribution in [0.15, 0.2) is 24.3 Å². The summed E-state index contributed by atoms with van der Waals surface area (Å²) in [5.74, 6) is 0. The third-order valence-corrected chi connectivity index (χ3v) is 1.21. The normalized spacial score (nSPS) is 5.53. The first kappa shape index (κ1) is 24.5. The van der Waals surface area contributed by atoms with Crippen LogP contribution in [0.4, 0.5) is 0 Å². The third-order valence-electron chi connectivity index (χ3n) is 1.21. The molecular weight excluding hydrogens is 264 g/mol. The molecule has 1 rings (SSSR count). The van der Waals surface area contributed by atoms with Crippen molar-refractivity contribution in [1.82, 2.24) is 0 Å². The summed E-state index contributed by atoms with van der Waals surface area (Å²) in [7, 11) is 0. The van der Waals surface area contributed by atoms with Gasteiger partial charge in [-0.05, 0) is 0 Å². The van der Waals surface area contributed by atoms with Crippen LogP contribution in [0.25, 0.3) is 0 Å². The van der Waals surface area contributed by atoms with E-state index < -0.39 is 0 Å². The van der Waals surface area contributed by atoms with Gasteiger partial charge in [-0.25, -0.2) is 0 Å². The molecule has 1 aromatic rings. The molecule has 86 valence electrons. The van der Waals surface area contributed by atoms with E-state index in [0.29, 0.717) is 11.1 Å². The minimum absolute atomic E-state index is 0. The summed E-state index contributed by atoms with van der Waals surface area (Å²) in [4.78, 5) is 20.2. The zero-order valence-electron chi connectivity index (χ0n) is 8.41. The van der Waals surface area contributed by atoms with Crippen LogP contribution >= 0.6 is 0 Å². The monoisotopic (exact) mass is 270 g/mol. The first-order valence-electron chi connectivity index (χ1n) is 3.48. The third kappa shape index (κ3) is 14.3. The Hall–Kier alpha value is -1.69. The van der Waals surface area contributed by atoms with Gasteiger partial charge in [0.15, 0.2) is 0 Å². The molecule has 17 heavy (non-hydrogen) atoms. The van der Waals surface area contributed by atoms with Crippen molar-refractivity contribution in [3.05, 3.63) is 55.3 Å². The molecular formula is C11H6CrO5. The van der Waals surface area contributed by atoms with Gasteiger partial charge < -0.3 is 0 Å². The minimum Gasteiger partial charge on any atom is 0 e. The van der Waals surface area contributed by atoms with Crippen LogP contribution < -0.4 is 0 Å². The molecule has 0 saturated carbocycles. The molecule has 0 aromatic heterocycles. The van der Waals surface area contributed by atoms with Gasteiger partial charge >= 0.3 is 33.9 Å². The second-order valence-electron chi connectivity index (χ2n) is 1.90. The van der Waals surface area contributed by atoms with Crippen LogP contribution in [0.3, 0.4) is 0 Å². The number of rotatable bonds is 2. The molecule has 0 amide bonds. The van der Waals surface area contributed by atoms with E-state index in [-0.39, 0.29) is 17.4 Å². The van der Waals surface area contributed by atoms with E-state index in [1.54, 1.807) is 24.3 Å². The Morgan fingerprint density at radius 1 is 0.706 bits per heavy atom. The first-order chi connectivity index (χ1) is 7.86. The van der Waals surface area contributed by atoms with E-state index in [9.17, 15) is 9.59 Å². The molecule has 0 radical (unpaired) electrons. The van der Waals surface area contributed by atoms with Crippen molar-refractivity contribution in [1.29, 1.82) is 0 Å². The van der Waals surface area contributed by atoms with Crippen LogP contribution in [0, 0.1) is 20.0 Å². The van der Waals surface area contributed by atoms with Gasteiger partial charge in [0.1, 0.15) is 12.6 Å². The smallest absolute Gasteiger partial charge is 0 e. The van der Waals surface area contributed by atoms with Crippen molar-refractivity contribution < 1.29 is 40.9 Å². The van der Waals surface area contributed by atoms with E-state index >= 15 is 0 Å². The summed E-state index contributed by atoms with van der Waals surface area (Å²) in [6.45, 7) is 13.5. The van der Waals surface area contributed by atoms with Gasteiger partial charge in [-0.1, -0.05) is 24.3 Å². The van der Waals surface area contributed by atoms with Gasteiger partial charge in [0.2, 0.25) is 0 Å². The summed E-state index contributed by atoms with van der Waals surface area (Å²) < 4.78 is 22.5. The molecule has 0 bridgehead atoms. The summed E-state index contributed by atoms with van der Waals surface area (Å²) in [6.07, 6.45) is 1.49. The van der Waals surface area contributed by atoms with E-state index in [0.717, 1.165) is 12.6 Å². The Morgan fingerprint density at radius 3 is 1.00 bits per heavy atom. The molecule has 0 spiro atoms. The molecule has 0 aliphatic heterocycles. The molecule has 0 saturated heterocycles. The second kappa shape index (κ2) is 23.9. The van der Waals surface area contributed by atoms with E-state index in [1.807, 2.05) is 0 Å². The summed E-state index contributed by atoms with van der Waals surface area (Å²) in [5.41, 5.74) is 1.18. The topological polar surface area (TPSA) is 93.8 Å². The maximum absolute atomic E-state index is 10.1. The molecule has 0 aliphatic rings. The number of aldehydes is 2. The molecule has 0 unspecified atom stereocenters. The van der Waals surface area contributed by atoms with Crippen molar-refractivity contribution >= 4 is 12.6 Å². The fraction of sp³-hybridized carbons (Fsp3) is 0. The maximum atomic E-state index is 10.1. The number of benzene rings is 1. The van der Waals surface area contributed by atoms with Gasteiger partial charge in [0.05, 0.1) is 0 Å². The number of carbonyl (C=O) groups is 2. The van der Waals surface area contributed by atoms with Crippen molar-refractivity contribution in [3.63, 3.8) is 0 Å². The quantitative estimate of drug-likeness (QED) is 0.458. The Bertz CT molecular complexity index is 309. The Balaban J connectivity index is -0.000000106. The van der Waals surface area contributed by atoms with Crippen LogP contribution in [-0.4, -0.2) is 12.6 Å². The summed E-state index contributed by atoms with van der Waals surface area (Å²) in [5, 5.41) is 0. The van der Waals surface area contributed by atoms with Crippen LogP contribution in [0.5, 0.6) is 0 Å². The molecule has 6 heteroatoms. The van der Waals surface area contributed by atoms with Gasteiger partial charge in [0.25, 0.3) is 0 Å². The molecule has 0 fully saturated rings. The van der Waals surface area contributed by atoms with Gasteiger partial charge in [-0.15, -0.1) is 0 Å². The van der Waals surface area contributed by atoms with Gasteiger partial charge in [-0.2, -0.15) is 0 Å². The molecule has 0 atom stereocenters. The number of carbonyl (C=O) groups excluding carboxylic acids is 2. The van der Waals surface area contributed by atoms with E-state index in [2.05, 4.69) is 20.0 Å². The van der Waals surface area contributed by atoms with Crippen LogP contribution in [0.1, 0.15) is 20.7 Å². The molecule has 5 nitrogen and oxygen atoms in total. The fourth-order valence-electron chi connectivity index (χ4n) is 0.653. The van der Waals surface area contributed by atoms with Crippen molar-refractivity contribution in [2.45, 2.75) is 0 Å². The second-order valence-corrected chi connectivity index (χ2v) is 1.90. The maximum Gasteiger partial charge on any atom is 0 e. The first-order valence-corrected chi connectivity index (χ1v) is 3.48. The predicted molar refractivity (Wildman–Crippen MR) is 49.0 cm³/mol. The van der Waals surface area contributed by atoms with Crippen molar-refractivity contribution in [2.75, 3.05) is 0 Å².